The first-order valence-corrected chi connectivity index (χ1v) is 8.44. The summed E-state index contributed by atoms with van der Waals surface area (Å²) in [5.74, 6) is -0.199. The average Bonchev–Trinajstić information content (AvgIpc) is 3.13. The zero-order valence-corrected chi connectivity index (χ0v) is 14.8. The van der Waals surface area contributed by atoms with Crippen molar-refractivity contribution in [3.63, 3.8) is 0 Å². The van der Waals surface area contributed by atoms with Crippen LogP contribution in [-0.2, 0) is 13.5 Å². The van der Waals surface area contributed by atoms with E-state index in [1.54, 1.807) is 11.9 Å². The van der Waals surface area contributed by atoms with Crippen molar-refractivity contribution in [3.8, 4) is 11.3 Å². The van der Waals surface area contributed by atoms with Gasteiger partial charge in [0.1, 0.15) is 5.69 Å². The van der Waals surface area contributed by atoms with E-state index in [9.17, 15) is 9.59 Å². The van der Waals surface area contributed by atoms with Gasteiger partial charge in [-0.3, -0.25) is 14.7 Å². The van der Waals surface area contributed by atoms with Crippen molar-refractivity contribution in [1.82, 2.24) is 24.9 Å². The number of aryl methyl sites for hydroxylation is 2. The summed E-state index contributed by atoms with van der Waals surface area (Å²) in [6, 6.07) is 14.8. The van der Waals surface area contributed by atoms with Gasteiger partial charge in [-0.2, -0.15) is 10.2 Å². The standard InChI is InChI=1S/C19H21N5O2/c1-23(19(26)16-10-11-18(25)24(2)22-16)12-6-9-15-13-17(21-20-15)14-7-4-3-5-8-14/h3-5,7-8,10-11,13H,6,9,12H2,1-2H3,(H,20,21). The fourth-order valence-corrected chi connectivity index (χ4v) is 2.67. The van der Waals surface area contributed by atoms with Crippen LogP contribution in [0, 0.1) is 0 Å². The van der Waals surface area contributed by atoms with Gasteiger partial charge in [-0.05, 0) is 25.0 Å². The third-order valence-electron chi connectivity index (χ3n) is 4.17. The number of hydrogen-bond acceptors (Lipinski definition) is 4. The van der Waals surface area contributed by atoms with E-state index in [4.69, 9.17) is 0 Å². The number of nitrogens with one attached hydrogen (secondary N) is 1. The van der Waals surface area contributed by atoms with Crippen molar-refractivity contribution < 1.29 is 4.79 Å². The minimum Gasteiger partial charge on any atom is -0.340 e. The van der Waals surface area contributed by atoms with Gasteiger partial charge in [0.15, 0.2) is 0 Å². The first kappa shape index (κ1) is 17.6. The van der Waals surface area contributed by atoms with Gasteiger partial charge < -0.3 is 4.90 Å². The predicted molar refractivity (Wildman–Crippen MR) is 98.8 cm³/mol. The Hall–Kier alpha value is -3.22. The van der Waals surface area contributed by atoms with Crippen molar-refractivity contribution in [2.45, 2.75) is 12.8 Å². The van der Waals surface area contributed by atoms with E-state index >= 15 is 0 Å². The number of hydrogen-bond donors (Lipinski definition) is 1. The normalized spacial score (nSPS) is 10.7. The van der Waals surface area contributed by atoms with Gasteiger partial charge in [-0.1, -0.05) is 30.3 Å². The van der Waals surface area contributed by atoms with Gasteiger partial charge in [-0.15, -0.1) is 0 Å². The van der Waals surface area contributed by atoms with E-state index in [2.05, 4.69) is 15.3 Å². The van der Waals surface area contributed by atoms with Gasteiger partial charge >= 0.3 is 0 Å². The molecule has 1 aromatic carbocycles. The molecule has 0 aliphatic heterocycles. The maximum Gasteiger partial charge on any atom is 0.274 e. The Bertz CT molecular complexity index is 946. The Morgan fingerprint density at radius 2 is 1.96 bits per heavy atom. The maximum absolute atomic E-state index is 12.4. The van der Waals surface area contributed by atoms with Crippen LogP contribution in [0.15, 0.2) is 53.3 Å². The molecule has 0 aliphatic rings. The highest BCUT2D eigenvalue weighted by Gasteiger charge is 2.14. The minimum atomic E-state index is -0.238. The van der Waals surface area contributed by atoms with Crippen LogP contribution in [0.1, 0.15) is 22.6 Å². The molecule has 2 aromatic heterocycles. The molecule has 0 saturated carbocycles. The number of aromatic amines is 1. The van der Waals surface area contributed by atoms with Gasteiger partial charge in [0, 0.05) is 38.0 Å². The fourth-order valence-electron chi connectivity index (χ4n) is 2.67. The lowest BCUT2D eigenvalue weighted by Gasteiger charge is -2.16. The van der Waals surface area contributed by atoms with Gasteiger partial charge in [0.2, 0.25) is 0 Å². The van der Waals surface area contributed by atoms with E-state index in [1.807, 2.05) is 36.4 Å². The number of amides is 1. The third kappa shape index (κ3) is 4.05. The smallest absolute Gasteiger partial charge is 0.274 e. The Balaban J connectivity index is 1.54. The molecule has 0 radical (unpaired) electrons. The van der Waals surface area contributed by atoms with Crippen LogP contribution in [0.4, 0.5) is 0 Å². The van der Waals surface area contributed by atoms with Crippen molar-refractivity contribution in [2.24, 2.45) is 7.05 Å². The second kappa shape index (κ2) is 7.77. The molecule has 0 fully saturated rings. The zero-order chi connectivity index (χ0) is 18.5. The highest BCUT2D eigenvalue weighted by molar-refractivity contribution is 5.91. The molecule has 26 heavy (non-hydrogen) atoms. The summed E-state index contributed by atoms with van der Waals surface area (Å²) in [5.41, 5.74) is 3.05. The van der Waals surface area contributed by atoms with Crippen LogP contribution in [0.5, 0.6) is 0 Å². The first-order chi connectivity index (χ1) is 12.5. The summed E-state index contributed by atoms with van der Waals surface area (Å²) in [6.07, 6.45) is 1.59. The highest BCUT2D eigenvalue weighted by atomic mass is 16.2. The van der Waals surface area contributed by atoms with E-state index in [0.717, 1.165) is 34.5 Å². The molecule has 1 N–H and O–H groups in total. The van der Waals surface area contributed by atoms with Crippen LogP contribution in [-0.4, -0.2) is 44.4 Å². The zero-order valence-electron chi connectivity index (χ0n) is 14.8. The lowest BCUT2D eigenvalue weighted by molar-refractivity contribution is 0.0785. The molecule has 7 nitrogen and oxygen atoms in total. The van der Waals surface area contributed by atoms with Gasteiger partial charge in [0.05, 0.1) is 5.69 Å². The molecule has 134 valence electrons. The summed E-state index contributed by atoms with van der Waals surface area (Å²) in [5, 5.41) is 11.4. The molecule has 3 aromatic rings. The molecule has 1 amide bonds. The number of carbonyl (C=O) groups excluding carboxylic acids is 1. The van der Waals surface area contributed by atoms with Crippen LogP contribution in [0.25, 0.3) is 11.3 Å². The van der Waals surface area contributed by atoms with Gasteiger partial charge in [-0.25, -0.2) is 4.68 Å². The van der Waals surface area contributed by atoms with Crippen molar-refractivity contribution in [3.05, 3.63) is 70.3 Å². The molecule has 0 spiro atoms. The SMILES string of the molecule is CN(CCCc1cc(-c2ccccc2)n[nH]1)C(=O)c1ccc(=O)n(C)n1. The number of nitrogens with zero attached hydrogens (tertiary/aromatic N) is 4. The number of carbonyl (C=O) groups is 1. The van der Waals surface area contributed by atoms with Crippen molar-refractivity contribution in [2.75, 3.05) is 13.6 Å². The molecule has 0 saturated heterocycles. The Morgan fingerprint density at radius 1 is 1.19 bits per heavy atom. The number of aromatic nitrogens is 4. The Kier molecular flexibility index (Phi) is 5.26. The molecule has 0 unspecified atom stereocenters. The summed E-state index contributed by atoms with van der Waals surface area (Å²) in [4.78, 5) is 25.3. The second-order valence-electron chi connectivity index (χ2n) is 6.16. The molecular weight excluding hydrogens is 330 g/mol. The third-order valence-corrected chi connectivity index (χ3v) is 4.17. The van der Waals surface area contributed by atoms with Crippen LogP contribution >= 0.6 is 0 Å². The van der Waals surface area contributed by atoms with E-state index < -0.39 is 0 Å². The minimum absolute atomic E-state index is 0.199. The fraction of sp³-hybridized carbons (Fsp3) is 0.263. The second-order valence-corrected chi connectivity index (χ2v) is 6.16. The van der Waals surface area contributed by atoms with Crippen LogP contribution in [0.3, 0.4) is 0 Å². The molecular formula is C19H21N5O2. The predicted octanol–water partition coefficient (Wildman–Crippen LogP) is 1.88. The quantitative estimate of drug-likeness (QED) is 0.735. The van der Waals surface area contributed by atoms with E-state index in [-0.39, 0.29) is 17.2 Å². The topological polar surface area (TPSA) is 83.9 Å². The Morgan fingerprint density at radius 3 is 2.69 bits per heavy atom. The molecule has 0 bridgehead atoms. The van der Waals surface area contributed by atoms with E-state index in [0.29, 0.717) is 6.54 Å². The van der Waals surface area contributed by atoms with Crippen LogP contribution in [0.2, 0.25) is 0 Å². The van der Waals surface area contributed by atoms with Crippen molar-refractivity contribution in [1.29, 1.82) is 0 Å². The molecule has 0 aliphatic carbocycles. The summed E-state index contributed by atoms with van der Waals surface area (Å²) >= 11 is 0. The molecule has 7 heteroatoms. The molecule has 2 heterocycles. The van der Waals surface area contributed by atoms with Crippen LogP contribution < -0.4 is 5.56 Å². The number of H-pyrrole nitrogens is 1. The number of rotatable bonds is 6. The molecule has 3 rings (SSSR count). The van der Waals surface area contributed by atoms with Crippen molar-refractivity contribution >= 4 is 5.91 Å². The first-order valence-electron chi connectivity index (χ1n) is 8.44. The van der Waals surface area contributed by atoms with Gasteiger partial charge in [0.25, 0.3) is 11.5 Å². The molecule has 0 atom stereocenters. The lowest BCUT2D eigenvalue weighted by Crippen LogP contribution is -2.31. The lowest BCUT2D eigenvalue weighted by atomic mass is 10.1. The highest BCUT2D eigenvalue weighted by Crippen LogP contribution is 2.17. The largest absolute Gasteiger partial charge is 0.340 e. The summed E-state index contributed by atoms with van der Waals surface area (Å²) in [7, 11) is 3.26. The average molecular weight is 351 g/mol. The maximum atomic E-state index is 12.4. The summed E-state index contributed by atoms with van der Waals surface area (Å²) < 4.78 is 1.16. The monoisotopic (exact) mass is 351 g/mol. The Labute approximate surface area is 151 Å². The number of benzene rings is 1. The van der Waals surface area contributed by atoms with E-state index in [1.165, 1.54) is 19.2 Å². The summed E-state index contributed by atoms with van der Waals surface area (Å²) in [6.45, 7) is 0.586.